The molecule has 0 radical (unpaired) electrons. The Labute approximate surface area is 103 Å². The summed E-state index contributed by atoms with van der Waals surface area (Å²) in [5.41, 5.74) is 8.45. The van der Waals surface area contributed by atoms with Gasteiger partial charge in [0.15, 0.2) is 0 Å². The zero-order valence-corrected chi connectivity index (χ0v) is 11.4. The molecule has 1 rings (SSSR count). The van der Waals surface area contributed by atoms with Gasteiger partial charge in [-0.25, -0.2) is 0 Å². The van der Waals surface area contributed by atoms with Crippen LogP contribution in [0.2, 0.25) is 0 Å². The van der Waals surface area contributed by atoms with Crippen LogP contribution in [0.4, 0.5) is 11.4 Å². The fourth-order valence-corrected chi connectivity index (χ4v) is 2.67. The van der Waals surface area contributed by atoms with E-state index in [1.54, 1.807) is 19.9 Å². The highest BCUT2D eigenvalue weighted by Gasteiger charge is 2.15. The largest absolute Gasteiger partial charge is 0.397 e. The summed E-state index contributed by atoms with van der Waals surface area (Å²) in [6, 6.07) is 3.38. The van der Waals surface area contributed by atoms with E-state index in [9.17, 15) is 8.42 Å². The molecule has 17 heavy (non-hydrogen) atoms. The Bertz CT molecular complexity index is 510. The van der Waals surface area contributed by atoms with Crippen LogP contribution in [0, 0.1) is 13.8 Å². The van der Waals surface area contributed by atoms with Gasteiger partial charge in [-0.2, -0.15) is 13.1 Å². The molecular formula is C11H19N3O2S. The number of benzene rings is 1. The lowest BCUT2D eigenvalue weighted by molar-refractivity contribution is 0.575. The molecule has 0 saturated heterocycles. The number of anilines is 2. The summed E-state index contributed by atoms with van der Waals surface area (Å²) in [6.07, 6.45) is 0. The molecule has 0 aliphatic rings. The molecule has 96 valence electrons. The third-order valence-electron chi connectivity index (χ3n) is 2.40. The molecule has 0 aromatic heterocycles. The van der Waals surface area contributed by atoms with Crippen LogP contribution < -0.4 is 15.2 Å². The number of nitrogens with two attached hydrogens (primary N) is 1. The van der Waals surface area contributed by atoms with Crippen LogP contribution in [0.15, 0.2) is 12.1 Å². The minimum absolute atomic E-state index is 0.168. The molecule has 5 nitrogen and oxygen atoms in total. The van der Waals surface area contributed by atoms with E-state index in [1.165, 1.54) is 0 Å². The van der Waals surface area contributed by atoms with E-state index in [4.69, 9.17) is 5.73 Å². The van der Waals surface area contributed by atoms with Gasteiger partial charge in [-0.3, -0.25) is 4.72 Å². The maximum atomic E-state index is 11.7. The summed E-state index contributed by atoms with van der Waals surface area (Å²) < 4.78 is 28.4. The summed E-state index contributed by atoms with van der Waals surface area (Å²) in [5, 5.41) is 0. The summed E-state index contributed by atoms with van der Waals surface area (Å²) >= 11 is 0. The van der Waals surface area contributed by atoms with Crippen molar-refractivity contribution in [2.45, 2.75) is 33.7 Å². The quantitative estimate of drug-likeness (QED) is 0.715. The Hall–Kier alpha value is -1.27. The predicted molar refractivity (Wildman–Crippen MR) is 71.1 cm³/mol. The molecule has 0 atom stereocenters. The van der Waals surface area contributed by atoms with Gasteiger partial charge in [0.2, 0.25) is 0 Å². The molecular weight excluding hydrogens is 238 g/mol. The van der Waals surface area contributed by atoms with Crippen LogP contribution >= 0.6 is 0 Å². The first-order valence-electron chi connectivity index (χ1n) is 5.38. The highest BCUT2D eigenvalue weighted by Crippen LogP contribution is 2.26. The van der Waals surface area contributed by atoms with Crippen molar-refractivity contribution in [3.63, 3.8) is 0 Å². The fourth-order valence-electron chi connectivity index (χ4n) is 1.45. The van der Waals surface area contributed by atoms with E-state index in [-0.39, 0.29) is 6.04 Å². The lowest BCUT2D eigenvalue weighted by atomic mass is 10.1. The second kappa shape index (κ2) is 4.93. The van der Waals surface area contributed by atoms with Gasteiger partial charge in [0, 0.05) is 6.04 Å². The number of nitrogen functional groups attached to an aromatic ring is 1. The molecule has 0 spiro atoms. The van der Waals surface area contributed by atoms with Gasteiger partial charge in [-0.1, -0.05) is 6.07 Å². The Kier molecular flexibility index (Phi) is 4.00. The second-order valence-corrected chi connectivity index (χ2v) is 5.80. The zero-order valence-electron chi connectivity index (χ0n) is 10.5. The fraction of sp³-hybridized carbons (Fsp3) is 0.455. The second-order valence-electron chi connectivity index (χ2n) is 4.35. The van der Waals surface area contributed by atoms with Crippen molar-refractivity contribution in [2.24, 2.45) is 0 Å². The van der Waals surface area contributed by atoms with Crippen molar-refractivity contribution in [1.29, 1.82) is 0 Å². The molecule has 0 fully saturated rings. The van der Waals surface area contributed by atoms with Crippen molar-refractivity contribution < 1.29 is 8.42 Å². The third kappa shape index (κ3) is 3.61. The average Bonchev–Trinajstić information content (AvgIpc) is 2.17. The van der Waals surface area contributed by atoms with Gasteiger partial charge in [-0.05, 0) is 44.9 Å². The number of nitrogens with one attached hydrogen (secondary N) is 2. The number of rotatable bonds is 4. The first-order valence-corrected chi connectivity index (χ1v) is 6.87. The van der Waals surface area contributed by atoms with Gasteiger partial charge in [-0.15, -0.1) is 0 Å². The number of hydrogen-bond acceptors (Lipinski definition) is 3. The maximum Gasteiger partial charge on any atom is 0.299 e. The Morgan fingerprint density at radius 3 is 2.35 bits per heavy atom. The Balaban J connectivity index is 3.08. The van der Waals surface area contributed by atoms with Crippen molar-refractivity contribution in [3.8, 4) is 0 Å². The first kappa shape index (κ1) is 13.8. The van der Waals surface area contributed by atoms with Gasteiger partial charge in [0.25, 0.3) is 10.2 Å². The van der Waals surface area contributed by atoms with Crippen molar-refractivity contribution in [1.82, 2.24) is 4.72 Å². The number of aryl methyl sites for hydroxylation is 1. The molecule has 0 bridgehead atoms. The molecule has 6 heteroatoms. The predicted octanol–water partition coefficient (Wildman–Crippen LogP) is 1.54. The summed E-state index contributed by atoms with van der Waals surface area (Å²) in [5.74, 6) is 0. The molecule has 4 N–H and O–H groups in total. The van der Waals surface area contributed by atoms with Gasteiger partial charge < -0.3 is 5.73 Å². The molecule has 1 aromatic rings. The molecule has 1 aromatic carbocycles. The average molecular weight is 257 g/mol. The van der Waals surface area contributed by atoms with Crippen molar-refractivity contribution in [2.75, 3.05) is 10.5 Å². The van der Waals surface area contributed by atoms with Crippen molar-refractivity contribution in [3.05, 3.63) is 23.3 Å². The van der Waals surface area contributed by atoms with E-state index in [0.717, 1.165) is 11.1 Å². The number of hydrogen-bond donors (Lipinski definition) is 3. The zero-order chi connectivity index (χ0) is 13.2. The van der Waals surface area contributed by atoms with E-state index in [1.807, 2.05) is 19.9 Å². The molecule has 0 aliphatic carbocycles. The topological polar surface area (TPSA) is 84.2 Å². The molecule has 0 heterocycles. The van der Waals surface area contributed by atoms with E-state index >= 15 is 0 Å². The standard InChI is InChI=1S/C11H19N3O2S/c1-7(2)13-17(15,16)14-11-9(4)8(3)5-6-10(11)12/h5-7,13-14H,12H2,1-4H3. The molecule has 0 amide bonds. The third-order valence-corrected chi connectivity index (χ3v) is 3.65. The van der Waals surface area contributed by atoms with Gasteiger partial charge in [0.1, 0.15) is 0 Å². The summed E-state index contributed by atoms with van der Waals surface area (Å²) in [7, 11) is -3.58. The van der Waals surface area contributed by atoms with Crippen LogP contribution in [-0.4, -0.2) is 14.5 Å². The van der Waals surface area contributed by atoms with Crippen LogP contribution in [0.3, 0.4) is 0 Å². The van der Waals surface area contributed by atoms with Crippen LogP contribution in [-0.2, 0) is 10.2 Å². The van der Waals surface area contributed by atoms with Gasteiger partial charge >= 0.3 is 0 Å². The van der Waals surface area contributed by atoms with Crippen LogP contribution in [0.5, 0.6) is 0 Å². The summed E-state index contributed by atoms with van der Waals surface area (Å²) in [4.78, 5) is 0. The minimum atomic E-state index is -3.58. The van der Waals surface area contributed by atoms with E-state index < -0.39 is 10.2 Å². The molecule has 0 unspecified atom stereocenters. The Morgan fingerprint density at radius 1 is 1.24 bits per heavy atom. The molecule has 0 aliphatic heterocycles. The van der Waals surface area contributed by atoms with Crippen LogP contribution in [0.25, 0.3) is 0 Å². The monoisotopic (exact) mass is 257 g/mol. The summed E-state index contributed by atoms with van der Waals surface area (Å²) in [6.45, 7) is 7.25. The minimum Gasteiger partial charge on any atom is -0.397 e. The maximum absolute atomic E-state index is 11.7. The van der Waals surface area contributed by atoms with E-state index in [2.05, 4.69) is 9.44 Å². The first-order chi connectivity index (χ1) is 7.73. The van der Waals surface area contributed by atoms with Crippen LogP contribution in [0.1, 0.15) is 25.0 Å². The van der Waals surface area contributed by atoms with Gasteiger partial charge in [0.05, 0.1) is 11.4 Å². The normalized spacial score (nSPS) is 11.8. The molecule has 0 saturated carbocycles. The smallest absolute Gasteiger partial charge is 0.299 e. The van der Waals surface area contributed by atoms with Crippen molar-refractivity contribution >= 4 is 21.6 Å². The highest BCUT2D eigenvalue weighted by molar-refractivity contribution is 7.90. The highest BCUT2D eigenvalue weighted by atomic mass is 32.2. The Morgan fingerprint density at radius 2 is 1.82 bits per heavy atom. The van der Waals surface area contributed by atoms with E-state index in [0.29, 0.717) is 11.4 Å². The SMILES string of the molecule is Cc1ccc(N)c(NS(=O)(=O)NC(C)C)c1C. The lowest BCUT2D eigenvalue weighted by Gasteiger charge is -2.16. The lowest BCUT2D eigenvalue weighted by Crippen LogP contribution is -2.35.